The number of guanidine groups is 1. The Labute approximate surface area is 206 Å². The first-order valence-corrected chi connectivity index (χ1v) is 12.9. The number of aromatic nitrogens is 3. The number of thiophene rings is 1. The molecular weight excluding hydrogens is 525 g/mol. The first kappa shape index (κ1) is 23.6. The van der Waals surface area contributed by atoms with E-state index in [0.29, 0.717) is 32.1 Å². The summed E-state index contributed by atoms with van der Waals surface area (Å²) in [7, 11) is -2.35. The number of nitrogens with zero attached hydrogens (tertiary/aromatic N) is 3. The van der Waals surface area contributed by atoms with Crippen molar-refractivity contribution in [2.24, 2.45) is 0 Å². The van der Waals surface area contributed by atoms with Crippen LogP contribution in [0, 0.1) is 5.41 Å². The minimum atomic E-state index is -4.54. The molecule has 1 aromatic carbocycles. The predicted molar refractivity (Wildman–Crippen MR) is 128 cm³/mol. The van der Waals surface area contributed by atoms with Crippen LogP contribution in [0.4, 0.5) is 13.2 Å². The van der Waals surface area contributed by atoms with E-state index >= 15 is 0 Å². The molecule has 4 heterocycles. The summed E-state index contributed by atoms with van der Waals surface area (Å²) in [5, 5.41) is 17.6. The number of pyridine rings is 1. The van der Waals surface area contributed by atoms with E-state index < -0.39 is 27.9 Å². The number of H-pyrrole nitrogens is 1. The van der Waals surface area contributed by atoms with Crippen LogP contribution in [0.2, 0.25) is 5.02 Å². The van der Waals surface area contributed by atoms with Gasteiger partial charge in [0.1, 0.15) is 0 Å². The van der Waals surface area contributed by atoms with Gasteiger partial charge in [-0.25, -0.2) is 12.7 Å². The van der Waals surface area contributed by atoms with Crippen LogP contribution in [0.3, 0.4) is 0 Å². The lowest BCUT2D eigenvalue weighted by atomic mass is 10.1. The molecule has 5 rings (SSSR count). The van der Waals surface area contributed by atoms with Gasteiger partial charge >= 0.3 is 6.18 Å². The molecule has 1 atom stereocenters. The minimum Gasteiger partial charge on any atom is -0.347 e. The topological polar surface area (TPSA) is 115 Å². The van der Waals surface area contributed by atoms with E-state index in [0.717, 1.165) is 15.1 Å². The number of nitrogens with one attached hydrogen (secondary N) is 3. The largest absolute Gasteiger partial charge is 0.435 e. The van der Waals surface area contributed by atoms with Crippen molar-refractivity contribution in [1.82, 2.24) is 24.8 Å². The van der Waals surface area contributed by atoms with Crippen molar-refractivity contribution >= 4 is 49.0 Å². The van der Waals surface area contributed by atoms with Gasteiger partial charge in [-0.15, -0.1) is 11.3 Å². The Bertz CT molecular complexity index is 1560. The average Bonchev–Trinajstić information content (AvgIpc) is 3.43. The maximum atomic E-state index is 12.9. The zero-order chi connectivity index (χ0) is 25.1. The van der Waals surface area contributed by atoms with E-state index in [9.17, 15) is 21.6 Å². The smallest absolute Gasteiger partial charge is 0.347 e. The van der Waals surface area contributed by atoms with E-state index in [-0.39, 0.29) is 17.4 Å². The molecule has 182 valence electrons. The van der Waals surface area contributed by atoms with Crippen molar-refractivity contribution in [2.75, 3.05) is 12.8 Å². The quantitative estimate of drug-likeness (QED) is 0.343. The normalized spacial score (nSPS) is 18.1. The molecule has 1 fully saturated rings. The first-order valence-electron chi connectivity index (χ1n) is 10.1. The monoisotopic (exact) mass is 540 g/mol. The average molecular weight is 541 g/mol. The first-order chi connectivity index (χ1) is 16.5. The number of hydrogen-bond donors (Lipinski definition) is 3. The van der Waals surface area contributed by atoms with Crippen LogP contribution in [0.25, 0.3) is 32.6 Å². The van der Waals surface area contributed by atoms with Crippen LogP contribution < -0.4 is 5.32 Å². The summed E-state index contributed by atoms with van der Waals surface area (Å²) in [6.07, 6.45) is -2.95. The number of halogens is 4. The highest BCUT2D eigenvalue weighted by Gasteiger charge is 2.36. The number of alkyl halides is 3. The van der Waals surface area contributed by atoms with Crippen LogP contribution in [0.15, 0.2) is 42.6 Å². The lowest BCUT2D eigenvalue weighted by Gasteiger charge is -2.31. The van der Waals surface area contributed by atoms with Gasteiger partial charge in [-0.05, 0) is 17.7 Å². The molecule has 3 aromatic heterocycles. The van der Waals surface area contributed by atoms with E-state index in [1.807, 2.05) is 0 Å². The Morgan fingerprint density at radius 2 is 1.89 bits per heavy atom. The summed E-state index contributed by atoms with van der Waals surface area (Å²) < 4.78 is 65.0. The third-order valence-corrected chi connectivity index (χ3v) is 9.26. The van der Waals surface area contributed by atoms with Crippen molar-refractivity contribution in [3.05, 3.63) is 58.2 Å². The van der Waals surface area contributed by atoms with Gasteiger partial charge in [0.25, 0.3) is 0 Å². The highest BCUT2D eigenvalue weighted by Crippen LogP contribution is 2.43. The van der Waals surface area contributed by atoms with Crippen molar-refractivity contribution in [2.45, 2.75) is 12.2 Å². The molecule has 4 aromatic rings. The second kappa shape index (κ2) is 8.21. The lowest BCUT2D eigenvalue weighted by molar-refractivity contribution is -0.141. The van der Waals surface area contributed by atoms with Gasteiger partial charge in [0.05, 0.1) is 32.9 Å². The summed E-state index contributed by atoms with van der Waals surface area (Å²) in [6.45, 7) is 0. The van der Waals surface area contributed by atoms with E-state index in [1.165, 1.54) is 18.4 Å². The Morgan fingerprint density at radius 3 is 2.51 bits per heavy atom. The van der Waals surface area contributed by atoms with Crippen LogP contribution in [-0.4, -0.2) is 46.7 Å². The summed E-state index contributed by atoms with van der Waals surface area (Å²) in [4.78, 5) is 5.04. The molecule has 1 saturated heterocycles. The second-order valence-corrected chi connectivity index (χ2v) is 11.3. The van der Waals surface area contributed by atoms with Crippen molar-refractivity contribution in [3.63, 3.8) is 0 Å². The standard InChI is InChI=1S/C21H16ClF3N6O2S2/c1-31-20(26)28-14(9-35(31,32)33)19-16(22)12-6-7-27-17(18(12)34-19)11-4-2-10(3-5-11)13-8-15(30-29-13)21(23,24)25/h2-8,14H,9H2,1H3,(H2,26,28)(H,29,30). The molecule has 0 aliphatic carbocycles. The maximum absolute atomic E-state index is 12.9. The minimum absolute atomic E-state index is 0.230. The molecule has 0 amide bonds. The molecule has 1 aliphatic rings. The van der Waals surface area contributed by atoms with Gasteiger partial charge in [0.2, 0.25) is 16.0 Å². The molecule has 1 unspecified atom stereocenters. The molecule has 8 nitrogen and oxygen atoms in total. The Morgan fingerprint density at radius 1 is 1.20 bits per heavy atom. The fraction of sp³-hybridized carbons (Fsp3) is 0.190. The SMILES string of the molecule is CN1C(=N)NC(c2sc3c(-c4ccc(-c5cc(C(F)(F)F)n[nH]5)cc4)nccc3c2Cl)CS1(=O)=O. The second-order valence-electron chi connectivity index (χ2n) is 7.85. The van der Waals surface area contributed by atoms with E-state index in [4.69, 9.17) is 17.0 Å². The van der Waals surface area contributed by atoms with Gasteiger partial charge in [0.15, 0.2) is 5.69 Å². The third kappa shape index (κ3) is 4.13. The summed E-state index contributed by atoms with van der Waals surface area (Å²) in [6, 6.07) is 8.76. The fourth-order valence-electron chi connectivity index (χ4n) is 3.76. The number of rotatable bonds is 3. The van der Waals surface area contributed by atoms with Crippen LogP contribution >= 0.6 is 22.9 Å². The molecule has 0 spiro atoms. The summed E-state index contributed by atoms with van der Waals surface area (Å²) in [5.41, 5.74) is 1.05. The van der Waals surface area contributed by atoms with Crippen LogP contribution in [-0.2, 0) is 16.2 Å². The van der Waals surface area contributed by atoms with Crippen molar-refractivity contribution in [1.29, 1.82) is 5.41 Å². The molecule has 35 heavy (non-hydrogen) atoms. The highest BCUT2D eigenvalue weighted by atomic mass is 35.5. The van der Waals surface area contributed by atoms with E-state index in [1.54, 1.807) is 36.5 Å². The Kier molecular flexibility index (Phi) is 5.53. The van der Waals surface area contributed by atoms with Gasteiger partial charge < -0.3 is 5.32 Å². The van der Waals surface area contributed by atoms with Crippen LogP contribution in [0.5, 0.6) is 0 Å². The number of benzene rings is 1. The Balaban J connectivity index is 1.51. The molecule has 3 N–H and O–H groups in total. The number of sulfonamides is 1. The van der Waals surface area contributed by atoms with Gasteiger partial charge in [-0.3, -0.25) is 15.5 Å². The fourth-order valence-corrected chi connectivity index (χ4v) is 6.81. The number of fused-ring (bicyclic) bond motifs is 1. The van der Waals surface area contributed by atoms with Gasteiger partial charge in [0, 0.05) is 29.1 Å². The Hall–Kier alpha value is -3.16. The highest BCUT2D eigenvalue weighted by molar-refractivity contribution is 7.89. The van der Waals surface area contributed by atoms with Crippen LogP contribution in [0.1, 0.15) is 16.6 Å². The summed E-state index contributed by atoms with van der Waals surface area (Å²) in [5.74, 6) is -0.490. The third-order valence-electron chi connectivity index (χ3n) is 5.64. The molecule has 0 saturated carbocycles. The van der Waals surface area contributed by atoms with Gasteiger partial charge in [-0.2, -0.15) is 18.3 Å². The zero-order valence-corrected chi connectivity index (χ0v) is 20.2. The van der Waals surface area contributed by atoms with E-state index in [2.05, 4.69) is 20.5 Å². The number of aromatic amines is 1. The van der Waals surface area contributed by atoms with Gasteiger partial charge in [-0.1, -0.05) is 35.9 Å². The summed E-state index contributed by atoms with van der Waals surface area (Å²) >= 11 is 7.92. The molecular formula is C21H16ClF3N6O2S2. The molecule has 1 aliphatic heterocycles. The molecule has 0 bridgehead atoms. The molecule has 0 radical (unpaired) electrons. The zero-order valence-electron chi connectivity index (χ0n) is 17.8. The predicted octanol–water partition coefficient (Wildman–Crippen LogP) is 4.87. The maximum Gasteiger partial charge on any atom is 0.435 e. The van der Waals surface area contributed by atoms with Crippen molar-refractivity contribution < 1.29 is 21.6 Å². The lowest BCUT2D eigenvalue weighted by Crippen LogP contribution is -2.51. The molecule has 14 heteroatoms. The number of hydrogen-bond acceptors (Lipinski definition) is 6. The van der Waals surface area contributed by atoms with Crippen molar-refractivity contribution in [3.8, 4) is 22.5 Å².